The van der Waals surface area contributed by atoms with Gasteiger partial charge in [0.05, 0.1) is 16.7 Å². The Morgan fingerprint density at radius 2 is 2.03 bits per heavy atom. The highest BCUT2D eigenvalue weighted by molar-refractivity contribution is 7.89. The van der Waals surface area contributed by atoms with Crippen molar-refractivity contribution in [3.63, 3.8) is 0 Å². The number of carbonyl (C=O) groups excluding carboxylic acids is 1. The molecule has 30 heavy (non-hydrogen) atoms. The van der Waals surface area contributed by atoms with Crippen LogP contribution in [0.3, 0.4) is 0 Å². The van der Waals surface area contributed by atoms with E-state index in [1.807, 2.05) is 0 Å². The van der Waals surface area contributed by atoms with Gasteiger partial charge in [0.2, 0.25) is 10.0 Å². The van der Waals surface area contributed by atoms with Crippen molar-refractivity contribution in [2.75, 3.05) is 26.4 Å². The molecule has 0 aliphatic carbocycles. The quantitative estimate of drug-likeness (QED) is 0.459. The molecule has 1 atom stereocenters. The SMILES string of the molecule is O=C(OCCOc1ccccc1F)c1ccc(Cl)c(S(=O)(=O)NCC2CCCO2)c1. The van der Waals surface area contributed by atoms with E-state index in [1.165, 1.54) is 30.3 Å². The molecule has 3 rings (SSSR count). The lowest BCUT2D eigenvalue weighted by molar-refractivity contribution is 0.0448. The fraction of sp³-hybridized carbons (Fsp3) is 0.350. The predicted octanol–water partition coefficient (Wildman–Crippen LogP) is 3.17. The number of nitrogens with one attached hydrogen (secondary N) is 1. The topological polar surface area (TPSA) is 90.9 Å². The van der Waals surface area contributed by atoms with Gasteiger partial charge in [-0.3, -0.25) is 0 Å². The molecule has 0 amide bonds. The van der Waals surface area contributed by atoms with Crippen LogP contribution in [0.25, 0.3) is 0 Å². The highest BCUT2D eigenvalue weighted by atomic mass is 35.5. The lowest BCUT2D eigenvalue weighted by Crippen LogP contribution is -2.32. The number of sulfonamides is 1. The molecule has 2 aromatic rings. The molecule has 2 aromatic carbocycles. The molecule has 162 valence electrons. The molecule has 1 N–H and O–H groups in total. The van der Waals surface area contributed by atoms with Gasteiger partial charge in [0.1, 0.15) is 18.1 Å². The van der Waals surface area contributed by atoms with Crippen molar-refractivity contribution < 1.29 is 31.8 Å². The number of esters is 1. The molecule has 1 heterocycles. The first-order chi connectivity index (χ1) is 14.4. The fourth-order valence-electron chi connectivity index (χ4n) is 2.85. The summed E-state index contributed by atoms with van der Waals surface area (Å²) in [7, 11) is -3.94. The summed E-state index contributed by atoms with van der Waals surface area (Å²) in [5.74, 6) is -1.23. The standard InChI is InChI=1S/C20H21ClFNO6S/c21-16-8-7-14(12-19(16)30(25,26)23-13-15-4-3-9-27-15)20(24)29-11-10-28-18-6-2-1-5-17(18)22/h1-2,5-8,12,15,23H,3-4,9-11,13H2. The first-order valence-corrected chi connectivity index (χ1v) is 11.2. The minimum absolute atomic E-state index is 0.0165. The maximum atomic E-state index is 13.5. The van der Waals surface area contributed by atoms with Crippen LogP contribution < -0.4 is 9.46 Å². The zero-order valence-corrected chi connectivity index (χ0v) is 17.5. The zero-order valence-electron chi connectivity index (χ0n) is 16.0. The second kappa shape index (κ2) is 10.2. The van der Waals surface area contributed by atoms with Crippen molar-refractivity contribution in [1.29, 1.82) is 0 Å². The zero-order chi connectivity index (χ0) is 21.6. The molecule has 0 radical (unpaired) electrons. The van der Waals surface area contributed by atoms with Gasteiger partial charge in [0.25, 0.3) is 0 Å². The van der Waals surface area contributed by atoms with Crippen LogP contribution in [-0.2, 0) is 19.5 Å². The summed E-state index contributed by atoms with van der Waals surface area (Å²) in [6.45, 7) is 0.527. The first kappa shape index (κ1) is 22.5. The third-order valence-electron chi connectivity index (χ3n) is 4.39. The molecule has 1 unspecified atom stereocenters. The average molecular weight is 458 g/mol. The van der Waals surface area contributed by atoms with Gasteiger partial charge < -0.3 is 14.2 Å². The molecule has 10 heteroatoms. The summed E-state index contributed by atoms with van der Waals surface area (Å²) < 4.78 is 56.8. The van der Waals surface area contributed by atoms with Gasteiger partial charge in [0, 0.05) is 13.2 Å². The Balaban J connectivity index is 1.57. The molecule has 1 aliphatic rings. The van der Waals surface area contributed by atoms with Crippen molar-refractivity contribution in [2.24, 2.45) is 0 Å². The average Bonchev–Trinajstić information content (AvgIpc) is 3.25. The third-order valence-corrected chi connectivity index (χ3v) is 6.30. The molecule has 0 saturated carbocycles. The van der Waals surface area contributed by atoms with Crippen molar-refractivity contribution in [3.8, 4) is 5.75 Å². The van der Waals surface area contributed by atoms with Crippen molar-refractivity contribution in [2.45, 2.75) is 23.8 Å². The monoisotopic (exact) mass is 457 g/mol. The summed E-state index contributed by atoms with van der Waals surface area (Å²) >= 11 is 6.03. The fourth-order valence-corrected chi connectivity index (χ4v) is 4.44. The van der Waals surface area contributed by atoms with Crippen LogP contribution >= 0.6 is 11.6 Å². The minimum atomic E-state index is -3.94. The van der Waals surface area contributed by atoms with Gasteiger partial charge in [-0.05, 0) is 43.2 Å². The molecule has 0 bridgehead atoms. The van der Waals surface area contributed by atoms with Gasteiger partial charge >= 0.3 is 5.97 Å². The van der Waals surface area contributed by atoms with Crippen molar-refractivity contribution >= 4 is 27.6 Å². The number of rotatable bonds is 9. The van der Waals surface area contributed by atoms with Crippen LogP contribution in [-0.4, -0.2) is 46.9 Å². The van der Waals surface area contributed by atoms with Crippen LogP contribution in [0.1, 0.15) is 23.2 Å². The lowest BCUT2D eigenvalue weighted by Gasteiger charge is -2.13. The van der Waals surface area contributed by atoms with E-state index in [4.69, 9.17) is 25.8 Å². The lowest BCUT2D eigenvalue weighted by atomic mass is 10.2. The highest BCUT2D eigenvalue weighted by Crippen LogP contribution is 2.23. The maximum absolute atomic E-state index is 13.5. The van der Waals surface area contributed by atoms with Crippen molar-refractivity contribution in [3.05, 3.63) is 58.9 Å². The van der Waals surface area contributed by atoms with E-state index in [0.717, 1.165) is 18.9 Å². The van der Waals surface area contributed by atoms with E-state index in [9.17, 15) is 17.6 Å². The number of para-hydroxylation sites is 1. The molecule has 7 nitrogen and oxygen atoms in total. The second-order valence-corrected chi connectivity index (χ2v) is 8.69. The van der Waals surface area contributed by atoms with Gasteiger partial charge in [0.15, 0.2) is 11.6 Å². The Hall–Kier alpha value is -2.20. The molecule has 0 aromatic heterocycles. The maximum Gasteiger partial charge on any atom is 0.338 e. The van der Waals surface area contributed by atoms with Crippen LogP contribution in [0.4, 0.5) is 4.39 Å². The second-order valence-electron chi connectivity index (χ2n) is 6.55. The molecule has 1 aliphatic heterocycles. The largest absolute Gasteiger partial charge is 0.487 e. The highest BCUT2D eigenvalue weighted by Gasteiger charge is 2.23. The van der Waals surface area contributed by atoms with Crippen LogP contribution in [0.15, 0.2) is 47.4 Å². The van der Waals surface area contributed by atoms with E-state index in [1.54, 1.807) is 6.07 Å². The minimum Gasteiger partial charge on any atom is -0.487 e. The molecule has 1 fully saturated rings. The summed E-state index contributed by atoms with van der Waals surface area (Å²) in [5.41, 5.74) is 0.0165. The Kier molecular flexibility index (Phi) is 7.65. The summed E-state index contributed by atoms with van der Waals surface area (Å²) in [6.07, 6.45) is 1.48. The number of hydrogen-bond donors (Lipinski definition) is 1. The Morgan fingerprint density at radius 1 is 1.23 bits per heavy atom. The smallest absolute Gasteiger partial charge is 0.338 e. The summed E-state index contributed by atoms with van der Waals surface area (Å²) in [4.78, 5) is 12.0. The van der Waals surface area contributed by atoms with Crippen LogP contribution in [0, 0.1) is 5.82 Å². The number of halogens is 2. The Bertz CT molecular complexity index is 995. The Labute approximate surface area is 179 Å². The van der Waals surface area contributed by atoms with E-state index in [2.05, 4.69) is 4.72 Å². The van der Waals surface area contributed by atoms with Gasteiger partial charge in [-0.2, -0.15) is 0 Å². The van der Waals surface area contributed by atoms with E-state index >= 15 is 0 Å². The van der Waals surface area contributed by atoms with E-state index in [0.29, 0.717) is 6.61 Å². The number of ether oxygens (including phenoxy) is 3. The number of hydrogen-bond acceptors (Lipinski definition) is 6. The summed E-state index contributed by atoms with van der Waals surface area (Å²) in [6, 6.07) is 9.69. The van der Waals surface area contributed by atoms with Gasteiger partial charge in [-0.15, -0.1) is 0 Å². The molecular formula is C20H21ClFNO6S. The third kappa shape index (κ3) is 5.91. The normalized spacial score (nSPS) is 16.4. The van der Waals surface area contributed by atoms with Crippen LogP contribution in [0.2, 0.25) is 5.02 Å². The van der Waals surface area contributed by atoms with Gasteiger partial charge in [-0.25, -0.2) is 22.3 Å². The predicted molar refractivity (Wildman–Crippen MR) is 108 cm³/mol. The molecular weight excluding hydrogens is 437 g/mol. The summed E-state index contributed by atoms with van der Waals surface area (Å²) in [5, 5.41) is -0.0192. The first-order valence-electron chi connectivity index (χ1n) is 9.32. The van der Waals surface area contributed by atoms with Crippen LogP contribution in [0.5, 0.6) is 5.75 Å². The van der Waals surface area contributed by atoms with Crippen molar-refractivity contribution in [1.82, 2.24) is 4.72 Å². The van der Waals surface area contributed by atoms with E-state index < -0.39 is 21.8 Å². The number of benzene rings is 2. The Morgan fingerprint density at radius 3 is 2.77 bits per heavy atom. The number of carbonyl (C=O) groups is 1. The van der Waals surface area contributed by atoms with E-state index in [-0.39, 0.29) is 47.1 Å². The molecule has 1 saturated heterocycles. The molecule has 0 spiro atoms. The van der Waals surface area contributed by atoms with Gasteiger partial charge in [-0.1, -0.05) is 23.7 Å².